The molecule has 1 aromatic carbocycles. The molecule has 72 valence electrons. The average molecular weight is 276 g/mol. The van der Waals surface area contributed by atoms with Crippen molar-refractivity contribution in [2.75, 3.05) is 0 Å². The highest BCUT2D eigenvalue weighted by atomic mass is 79.9. The van der Waals surface area contributed by atoms with E-state index in [0.717, 1.165) is 6.07 Å². The van der Waals surface area contributed by atoms with Crippen LogP contribution in [0.4, 0.5) is 8.78 Å². The van der Waals surface area contributed by atoms with E-state index >= 15 is 0 Å². The molecule has 0 radical (unpaired) electrons. The molecule has 1 nitrogen and oxygen atoms in total. The van der Waals surface area contributed by atoms with Gasteiger partial charge in [-0.05, 0) is 22.0 Å². The van der Waals surface area contributed by atoms with Crippen LogP contribution < -0.4 is 0 Å². The first-order valence-electron chi connectivity index (χ1n) is 3.73. The normalized spacial score (nSPS) is 10.5. The molecule has 14 heavy (non-hydrogen) atoms. The summed E-state index contributed by atoms with van der Waals surface area (Å²) in [6.07, 6.45) is 1.58. The Hall–Kier alpha value is -0.810. The van der Waals surface area contributed by atoms with Crippen LogP contribution in [0.25, 0.3) is 10.6 Å². The molecule has 0 aliphatic carbocycles. The first-order valence-corrected chi connectivity index (χ1v) is 5.40. The van der Waals surface area contributed by atoms with Crippen molar-refractivity contribution in [2.24, 2.45) is 0 Å². The van der Waals surface area contributed by atoms with Crippen molar-refractivity contribution >= 4 is 27.3 Å². The van der Waals surface area contributed by atoms with Crippen molar-refractivity contribution in [1.29, 1.82) is 0 Å². The fourth-order valence-corrected chi connectivity index (χ4v) is 2.04. The molecular weight excluding hydrogens is 272 g/mol. The molecule has 5 heteroatoms. The first kappa shape index (κ1) is 9.73. The van der Waals surface area contributed by atoms with Crippen LogP contribution in [0.2, 0.25) is 0 Å². The van der Waals surface area contributed by atoms with E-state index in [-0.39, 0.29) is 4.47 Å². The number of aromatic nitrogens is 1. The van der Waals surface area contributed by atoms with E-state index in [1.807, 2.05) is 0 Å². The van der Waals surface area contributed by atoms with Gasteiger partial charge in [-0.25, -0.2) is 13.8 Å². The van der Waals surface area contributed by atoms with Crippen molar-refractivity contribution < 1.29 is 8.78 Å². The van der Waals surface area contributed by atoms with Gasteiger partial charge in [-0.3, -0.25) is 0 Å². The molecule has 0 atom stereocenters. The Morgan fingerprint density at radius 1 is 1.21 bits per heavy atom. The standard InChI is InChI=1S/C9H4BrF2NS/c10-6-3-5(7(11)4-8(6)12)9-13-1-2-14-9/h1-4H. The van der Waals surface area contributed by atoms with Gasteiger partial charge in [-0.15, -0.1) is 11.3 Å². The smallest absolute Gasteiger partial charge is 0.140 e. The summed E-state index contributed by atoms with van der Waals surface area (Å²) < 4.78 is 26.4. The number of hydrogen-bond acceptors (Lipinski definition) is 2. The lowest BCUT2D eigenvalue weighted by molar-refractivity contribution is 0.581. The van der Waals surface area contributed by atoms with Crippen LogP contribution in [0, 0.1) is 11.6 Å². The van der Waals surface area contributed by atoms with Crippen LogP contribution in [0.3, 0.4) is 0 Å². The lowest BCUT2D eigenvalue weighted by atomic mass is 10.2. The Labute approximate surface area is 91.5 Å². The third kappa shape index (κ3) is 1.69. The summed E-state index contributed by atoms with van der Waals surface area (Å²) >= 11 is 4.31. The molecule has 2 aromatic rings. The highest BCUT2D eigenvalue weighted by Gasteiger charge is 2.11. The minimum atomic E-state index is -0.609. The number of benzene rings is 1. The lowest BCUT2D eigenvalue weighted by Crippen LogP contribution is -1.87. The van der Waals surface area contributed by atoms with E-state index in [1.165, 1.54) is 17.4 Å². The number of rotatable bonds is 1. The third-order valence-corrected chi connectivity index (χ3v) is 3.09. The van der Waals surface area contributed by atoms with Gasteiger partial charge in [-0.1, -0.05) is 0 Å². The zero-order valence-corrected chi connectivity index (χ0v) is 9.20. The van der Waals surface area contributed by atoms with Crippen molar-refractivity contribution in [1.82, 2.24) is 4.98 Å². The minimum absolute atomic E-state index is 0.240. The summed E-state index contributed by atoms with van der Waals surface area (Å²) in [5.74, 6) is -1.21. The molecule has 0 bridgehead atoms. The Balaban J connectivity index is 2.60. The number of halogens is 3. The Morgan fingerprint density at radius 3 is 2.64 bits per heavy atom. The number of hydrogen-bond donors (Lipinski definition) is 0. The summed E-state index contributed by atoms with van der Waals surface area (Å²) in [7, 11) is 0. The topological polar surface area (TPSA) is 12.9 Å². The van der Waals surface area contributed by atoms with Crippen LogP contribution in [-0.4, -0.2) is 4.98 Å². The van der Waals surface area contributed by atoms with E-state index in [2.05, 4.69) is 20.9 Å². The molecule has 0 unspecified atom stereocenters. The molecule has 1 heterocycles. The van der Waals surface area contributed by atoms with Gasteiger partial charge >= 0.3 is 0 Å². The van der Waals surface area contributed by atoms with E-state index in [4.69, 9.17) is 0 Å². The molecule has 0 aliphatic heterocycles. The highest BCUT2D eigenvalue weighted by Crippen LogP contribution is 2.29. The van der Waals surface area contributed by atoms with E-state index < -0.39 is 11.6 Å². The van der Waals surface area contributed by atoms with Gasteiger partial charge in [0.2, 0.25) is 0 Å². The van der Waals surface area contributed by atoms with Crippen LogP contribution in [0.5, 0.6) is 0 Å². The van der Waals surface area contributed by atoms with Gasteiger partial charge in [0, 0.05) is 23.2 Å². The Morgan fingerprint density at radius 2 is 2.00 bits per heavy atom. The number of thiazole rings is 1. The van der Waals surface area contributed by atoms with Gasteiger partial charge < -0.3 is 0 Å². The minimum Gasteiger partial charge on any atom is -0.244 e. The van der Waals surface area contributed by atoms with Crippen LogP contribution in [-0.2, 0) is 0 Å². The van der Waals surface area contributed by atoms with Gasteiger partial charge in [0.25, 0.3) is 0 Å². The Kier molecular flexibility index (Phi) is 2.60. The van der Waals surface area contributed by atoms with Crippen molar-refractivity contribution in [3.05, 3.63) is 39.8 Å². The largest absolute Gasteiger partial charge is 0.244 e. The number of nitrogens with zero attached hydrogens (tertiary/aromatic N) is 1. The summed E-state index contributed by atoms with van der Waals surface area (Å²) in [6.45, 7) is 0. The predicted molar refractivity (Wildman–Crippen MR) is 55.2 cm³/mol. The molecular formula is C9H4BrF2NS. The molecule has 2 rings (SSSR count). The van der Waals surface area contributed by atoms with Gasteiger partial charge in [0.15, 0.2) is 0 Å². The molecule has 0 amide bonds. The monoisotopic (exact) mass is 275 g/mol. The quantitative estimate of drug-likeness (QED) is 0.721. The van der Waals surface area contributed by atoms with Gasteiger partial charge in [-0.2, -0.15) is 0 Å². The molecule has 0 N–H and O–H groups in total. The van der Waals surface area contributed by atoms with Crippen molar-refractivity contribution in [3.63, 3.8) is 0 Å². The zero-order valence-electron chi connectivity index (χ0n) is 6.80. The fourth-order valence-electron chi connectivity index (χ4n) is 1.04. The van der Waals surface area contributed by atoms with Crippen LogP contribution in [0.15, 0.2) is 28.2 Å². The molecule has 0 saturated heterocycles. The van der Waals surface area contributed by atoms with E-state index in [1.54, 1.807) is 11.6 Å². The fraction of sp³-hybridized carbons (Fsp3) is 0. The second kappa shape index (κ2) is 3.74. The van der Waals surface area contributed by atoms with Gasteiger partial charge in [0.1, 0.15) is 16.6 Å². The molecule has 0 saturated carbocycles. The van der Waals surface area contributed by atoms with Crippen molar-refractivity contribution in [2.45, 2.75) is 0 Å². The van der Waals surface area contributed by atoms with E-state index in [9.17, 15) is 8.78 Å². The van der Waals surface area contributed by atoms with Crippen LogP contribution in [0.1, 0.15) is 0 Å². The SMILES string of the molecule is Fc1cc(F)c(-c2nccs2)cc1Br. The van der Waals surface area contributed by atoms with Gasteiger partial charge in [0.05, 0.1) is 4.47 Å². The summed E-state index contributed by atoms with van der Waals surface area (Å²) in [6, 6.07) is 2.24. The lowest BCUT2D eigenvalue weighted by Gasteiger charge is -2.00. The maximum absolute atomic E-state index is 13.3. The predicted octanol–water partition coefficient (Wildman–Crippen LogP) is 3.85. The molecule has 0 aliphatic rings. The molecule has 0 fully saturated rings. The molecule has 0 spiro atoms. The second-order valence-electron chi connectivity index (χ2n) is 2.58. The maximum Gasteiger partial charge on any atom is 0.140 e. The average Bonchev–Trinajstić information content (AvgIpc) is 2.64. The van der Waals surface area contributed by atoms with Crippen LogP contribution >= 0.6 is 27.3 Å². The van der Waals surface area contributed by atoms with Crippen molar-refractivity contribution in [3.8, 4) is 10.6 Å². The summed E-state index contributed by atoms with van der Waals surface area (Å²) in [4.78, 5) is 3.95. The highest BCUT2D eigenvalue weighted by molar-refractivity contribution is 9.10. The summed E-state index contributed by atoms with van der Waals surface area (Å²) in [5.41, 5.74) is 0.313. The zero-order chi connectivity index (χ0) is 10.1. The Bertz CT molecular complexity index is 456. The second-order valence-corrected chi connectivity index (χ2v) is 4.33. The molecule has 1 aromatic heterocycles. The first-order chi connectivity index (χ1) is 6.68. The third-order valence-electron chi connectivity index (χ3n) is 1.67. The summed E-state index contributed by atoms with van der Waals surface area (Å²) in [5, 5.41) is 2.29. The maximum atomic E-state index is 13.3. The van der Waals surface area contributed by atoms with E-state index in [0.29, 0.717) is 10.6 Å².